The highest BCUT2D eigenvalue weighted by atomic mass is 16.5. The zero-order valence-electron chi connectivity index (χ0n) is 7.66. The molecule has 0 radical (unpaired) electrons. The molecule has 1 fully saturated rings. The van der Waals surface area contributed by atoms with Gasteiger partial charge in [0.2, 0.25) is 0 Å². The fraction of sp³-hybridized carbons (Fsp3) is 0.889. The molecule has 0 aromatic carbocycles. The van der Waals surface area contributed by atoms with Crippen molar-refractivity contribution in [1.29, 1.82) is 0 Å². The summed E-state index contributed by atoms with van der Waals surface area (Å²) >= 11 is 0. The van der Waals surface area contributed by atoms with Gasteiger partial charge in [0.25, 0.3) is 0 Å². The SMILES string of the molecule is COC1CCCN(CCC=O)C1. The number of hydrogen-bond donors (Lipinski definition) is 0. The van der Waals surface area contributed by atoms with Crippen LogP contribution in [0.15, 0.2) is 0 Å². The summed E-state index contributed by atoms with van der Waals surface area (Å²) in [6.07, 6.45) is 4.36. The maximum atomic E-state index is 10.1. The summed E-state index contributed by atoms with van der Waals surface area (Å²) in [5.41, 5.74) is 0. The molecule has 1 unspecified atom stereocenters. The Hall–Kier alpha value is -0.410. The second kappa shape index (κ2) is 5.27. The van der Waals surface area contributed by atoms with Crippen LogP contribution in [0.25, 0.3) is 0 Å². The molecule has 0 bridgehead atoms. The molecule has 1 rings (SSSR count). The highest BCUT2D eigenvalue weighted by Gasteiger charge is 2.18. The Bertz CT molecular complexity index is 138. The van der Waals surface area contributed by atoms with E-state index in [0.717, 1.165) is 32.3 Å². The Kier molecular flexibility index (Phi) is 4.25. The number of carbonyl (C=O) groups excluding carboxylic acids is 1. The van der Waals surface area contributed by atoms with E-state index in [1.807, 2.05) is 0 Å². The first kappa shape index (κ1) is 9.68. The minimum absolute atomic E-state index is 0.380. The van der Waals surface area contributed by atoms with Crippen molar-refractivity contribution < 1.29 is 9.53 Å². The molecule has 0 aromatic rings. The molecular weight excluding hydrogens is 154 g/mol. The minimum Gasteiger partial charge on any atom is -0.380 e. The first-order chi connectivity index (χ1) is 5.86. The van der Waals surface area contributed by atoms with E-state index in [0.29, 0.717) is 12.5 Å². The fourth-order valence-corrected chi connectivity index (χ4v) is 1.64. The van der Waals surface area contributed by atoms with Crippen molar-refractivity contribution in [2.75, 3.05) is 26.7 Å². The molecule has 12 heavy (non-hydrogen) atoms. The number of rotatable bonds is 4. The molecule has 3 heteroatoms. The smallest absolute Gasteiger partial charge is 0.121 e. The lowest BCUT2D eigenvalue weighted by Gasteiger charge is -2.31. The third-order valence-corrected chi connectivity index (χ3v) is 2.36. The number of likely N-dealkylation sites (tertiary alicyclic amines) is 1. The summed E-state index contributed by atoms with van der Waals surface area (Å²) in [5, 5.41) is 0. The minimum atomic E-state index is 0.380. The first-order valence-corrected chi connectivity index (χ1v) is 4.55. The third-order valence-electron chi connectivity index (χ3n) is 2.36. The molecule has 0 aliphatic carbocycles. The molecule has 0 amide bonds. The van der Waals surface area contributed by atoms with Crippen LogP contribution >= 0.6 is 0 Å². The van der Waals surface area contributed by atoms with Crippen LogP contribution in [0, 0.1) is 0 Å². The van der Waals surface area contributed by atoms with E-state index >= 15 is 0 Å². The molecular formula is C9H17NO2. The third kappa shape index (κ3) is 2.91. The van der Waals surface area contributed by atoms with Crippen LogP contribution in [0.2, 0.25) is 0 Å². The van der Waals surface area contributed by atoms with Gasteiger partial charge in [0, 0.05) is 26.6 Å². The Morgan fingerprint density at radius 2 is 2.50 bits per heavy atom. The summed E-state index contributed by atoms with van der Waals surface area (Å²) in [5.74, 6) is 0. The van der Waals surface area contributed by atoms with E-state index < -0.39 is 0 Å². The maximum Gasteiger partial charge on any atom is 0.121 e. The van der Waals surface area contributed by atoms with Gasteiger partial charge in [0.1, 0.15) is 6.29 Å². The van der Waals surface area contributed by atoms with E-state index in [-0.39, 0.29) is 0 Å². The highest BCUT2D eigenvalue weighted by Crippen LogP contribution is 2.11. The van der Waals surface area contributed by atoms with Gasteiger partial charge >= 0.3 is 0 Å². The molecule has 0 aromatic heterocycles. The van der Waals surface area contributed by atoms with Crippen LogP contribution in [-0.4, -0.2) is 44.0 Å². The van der Waals surface area contributed by atoms with Crippen molar-refractivity contribution in [3.05, 3.63) is 0 Å². The van der Waals surface area contributed by atoms with Crippen molar-refractivity contribution in [2.24, 2.45) is 0 Å². The predicted molar refractivity (Wildman–Crippen MR) is 47.2 cm³/mol. The second-order valence-corrected chi connectivity index (χ2v) is 3.26. The molecule has 0 spiro atoms. The van der Waals surface area contributed by atoms with Gasteiger partial charge in [-0.25, -0.2) is 0 Å². The lowest BCUT2D eigenvalue weighted by molar-refractivity contribution is -0.108. The van der Waals surface area contributed by atoms with Crippen molar-refractivity contribution >= 4 is 6.29 Å². The molecule has 0 N–H and O–H groups in total. The predicted octanol–water partition coefficient (Wildman–Crippen LogP) is 0.686. The van der Waals surface area contributed by atoms with E-state index in [2.05, 4.69) is 4.90 Å². The monoisotopic (exact) mass is 171 g/mol. The first-order valence-electron chi connectivity index (χ1n) is 4.55. The van der Waals surface area contributed by atoms with E-state index in [1.54, 1.807) is 7.11 Å². The van der Waals surface area contributed by atoms with Crippen LogP contribution in [0.3, 0.4) is 0 Å². The normalized spacial score (nSPS) is 25.6. The van der Waals surface area contributed by atoms with E-state index in [9.17, 15) is 4.79 Å². The van der Waals surface area contributed by atoms with Gasteiger partial charge < -0.3 is 14.4 Å². The molecule has 1 aliphatic heterocycles. The Balaban J connectivity index is 2.20. The molecule has 1 atom stereocenters. The van der Waals surface area contributed by atoms with Crippen LogP contribution in [0.4, 0.5) is 0 Å². The largest absolute Gasteiger partial charge is 0.380 e. The Morgan fingerprint density at radius 1 is 1.67 bits per heavy atom. The molecule has 3 nitrogen and oxygen atoms in total. The zero-order valence-corrected chi connectivity index (χ0v) is 7.66. The maximum absolute atomic E-state index is 10.1. The van der Waals surface area contributed by atoms with E-state index in [1.165, 1.54) is 6.42 Å². The van der Waals surface area contributed by atoms with Crippen molar-refractivity contribution in [3.8, 4) is 0 Å². The quantitative estimate of drug-likeness (QED) is 0.583. The Labute approximate surface area is 73.7 Å². The van der Waals surface area contributed by atoms with Gasteiger partial charge in [0.15, 0.2) is 0 Å². The average Bonchev–Trinajstić information content (AvgIpc) is 2.15. The van der Waals surface area contributed by atoms with Crippen molar-refractivity contribution in [3.63, 3.8) is 0 Å². The van der Waals surface area contributed by atoms with Gasteiger partial charge in [-0.2, -0.15) is 0 Å². The molecule has 1 saturated heterocycles. The molecule has 70 valence electrons. The van der Waals surface area contributed by atoms with Gasteiger partial charge in [0.05, 0.1) is 6.10 Å². The number of nitrogens with zero attached hydrogens (tertiary/aromatic N) is 1. The average molecular weight is 171 g/mol. The Morgan fingerprint density at radius 3 is 3.17 bits per heavy atom. The summed E-state index contributed by atoms with van der Waals surface area (Å²) in [6, 6.07) is 0. The summed E-state index contributed by atoms with van der Waals surface area (Å²) in [7, 11) is 1.76. The number of methoxy groups -OCH3 is 1. The highest BCUT2D eigenvalue weighted by molar-refractivity contribution is 5.49. The number of carbonyl (C=O) groups is 1. The van der Waals surface area contributed by atoms with Crippen LogP contribution in [-0.2, 0) is 9.53 Å². The second-order valence-electron chi connectivity index (χ2n) is 3.26. The topological polar surface area (TPSA) is 29.5 Å². The summed E-state index contributed by atoms with van der Waals surface area (Å²) in [4.78, 5) is 12.4. The van der Waals surface area contributed by atoms with Gasteiger partial charge in [-0.3, -0.25) is 0 Å². The number of piperidine rings is 1. The van der Waals surface area contributed by atoms with Crippen LogP contribution < -0.4 is 0 Å². The standard InChI is InChI=1S/C9H17NO2/c1-12-9-4-2-5-10(8-9)6-3-7-11/h7,9H,2-6,8H2,1H3. The number of hydrogen-bond acceptors (Lipinski definition) is 3. The lowest BCUT2D eigenvalue weighted by Crippen LogP contribution is -2.39. The lowest BCUT2D eigenvalue weighted by atomic mass is 10.1. The van der Waals surface area contributed by atoms with Crippen LogP contribution in [0.1, 0.15) is 19.3 Å². The van der Waals surface area contributed by atoms with Gasteiger partial charge in [-0.15, -0.1) is 0 Å². The van der Waals surface area contributed by atoms with Gasteiger partial charge in [-0.05, 0) is 19.4 Å². The summed E-state index contributed by atoms with van der Waals surface area (Å²) < 4.78 is 5.27. The summed E-state index contributed by atoms with van der Waals surface area (Å²) in [6.45, 7) is 3.00. The van der Waals surface area contributed by atoms with Gasteiger partial charge in [-0.1, -0.05) is 0 Å². The van der Waals surface area contributed by atoms with Crippen molar-refractivity contribution in [2.45, 2.75) is 25.4 Å². The number of ether oxygens (including phenoxy) is 1. The van der Waals surface area contributed by atoms with E-state index in [4.69, 9.17) is 4.74 Å². The molecule has 1 heterocycles. The zero-order chi connectivity index (χ0) is 8.81. The van der Waals surface area contributed by atoms with Crippen LogP contribution in [0.5, 0.6) is 0 Å². The molecule has 1 aliphatic rings. The fourth-order valence-electron chi connectivity index (χ4n) is 1.64. The number of aldehydes is 1. The molecule has 0 saturated carbocycles. The van der Waals surface area contributed by atoms with Crippen molar-refractivity contribution in [1.82, 2.24) is 4.90 Å².